The number of amidine groups is 1. The topological polar surface area (TPSA) is 61.8 Å². The molecule has 2 aromatic rings. The molecule has 0 spiro atoms. The molecule has 1 N–H and O–H groups in total. The van der Waals surface area contributed by atoms with Gasteiger partial charge in [-0.3, -0.25) is 9.59 Å². The molecule has 6 heteroatoms. The van der Waals surface area contributed by atoms with Crippen molar-refractivity contribution in [2.75, 3.05) is 0 Å². The Morgan fingerprint density at radius 1 is 1.07 bits per heavy atom. The highest BCUT2D eigenvalue weighted by Gasteiger charge is 2.42. The summed E-state index contributed by atoms with van der Waals surface area (Å²) in [5.41, 5.74) is 1.95. The Bertz CT molecular complexity index is 1080. The number of carbonyl (C=O) groups is 2. The van der Waals surface area contributed by atoms with E-state index in [0.29, 0.717) is 22.8 Å². The van der Waals surface area contributed by atoms with Crippen molar-refractivity contribution < 1.29 is 14.0 Å². The van der Waals surface area contributed by atoms with Gasteiger partial charge in [0, 0.05) is 11.1 Å². The molecule has 0 aliphatic carbocycles. The van der Waals surface area contributed by atoms with E-state index in [4.69, 9.17) is 0 Å². The largest absolute Gasteiger partial charge is 0.316 e. The van der Waals surface area contributed by atoms with Gasteiger partial charge in [0.15, 0.2) is 5.78 Å². The Morgan fingerprint density at radius 3 is 2.50 bits per heavy atom. The molecular formula is C22H16FN3O2. The van der Waals surface area contributed by atoms with Crippen LogP contribution < -0.4 is 5.32 Å². The summed E-state index contributed by atoms with van der Waals surface area (Å²) >= 11 is 0. The number of carbonyl (C=O) groups excluding carboxylic acids is 2. The third-order valence-electron chi connectivity index (χ3n) is 4.65. The number of amides is 1. The second-order valence-corrected chi connectivity index (χ2v) is 6.56. The summed E-state index contributed by atoms with van der Waals surface area (Å²) in [6.07, 6.45) is 0.194. The first-order valence-electron chi connectivity index (χ1n) is 8.79. The molecule has 2 aliphatic rings. The first-order valence-corrected chi connectivity index (χ1v) is 8.79. The Labute approximate surface area is 161 Å². The number of rotatable bonds is 2. The van der Waals surface area contributed by atoms with Gasteiger partial charge in [0.2, 0.25) is 5.84 Å². The number of fused-ring (bicyclic) bond motifs is 1. The fraction of sp³-hybridized carbons (Fsp3) is 0.136. The van der Waals surface area contributed by atoms with Crippen LogP contribution in [0.25, 0.3) is 0 Å². The number of hydrogen-bond acceptors (Lipinski definition) is 4. The molecular weight excluding hydrogens is 357 g/mol. The number of nitrogens with zero attached hydrogens (tertiary/aromatic N) is 2. The number of hydrogen-bond donors (Lipinski definition) is 1. The first-order chi connectivity index (χ1) is 13.5. The zero-order valence-corrected chi connectivity index (χ0v) is 15.1. The van der Waals surface area contributed by atoms with Crippen LogP contribution >= 0.6 is 0 Å². The molecule has 4 rings (SSSR count). The number of halogens is 1. The van der Waals surface area contributed by atoms with Crippen molar-refractivity contribution in [3.8, 4) is 11.8 Å². The molecule has 0 aromatic heterocycles. The molecule has 0 saturated carbocycles. The van der Waals surface area contributed by atoms with Gasteiger partial charge in [-0.25, -0.2) is 4.39 Å². The average molecular weight is 373 g/mol. The van der Waals surface area contributed by atoms with Crippen molar-refractivity contribution in [2.24, 2.45) is 11.0 Å². The van der Waals surface area contributed by atoms with E-state index < -0.39 is 11.8 Å². The molecule has 0 bridgehead atoms. The minimum absolute atomic E-state index is 0.194. The summed E-state index contributed by atoms with van der Waals surface area (Å²) in [7, 11) is 0. The molecule has 2 aliphatic heterocycles. The van der Waals surface area contributed by atoms with Gasteiger partial charge in [0.1, 0.15) is 17.6 Å². The zero-order valence-electron chi connectivity index (χ0n) is 15.1. The highest BCUT2D eigenvalue weighted by molar-refractivity contribution is 6.15. The van der Waals surface area contributed by atoms with Crippen LogP contribution in [0.5, 0.6) is 0 Å². The predicted molar refractivity (Wildman–Crippen MR) is 102 cm³/mol. The van der Waals surface area contributed by atoms with Crippen LogP contribution in [0.4, 0.5) is 4.39 Å². The molecule has 1 atom stereocenters. The molecule has 0 saturated heterocycles. The lowest BCUT2D eigenvalue weighted by atomic mass is 9.88. The van der Waals surface area contributed by atoms with Gasteiger partial charge in [0.25, 0.3) is 5.91 Å². The number of Topliss-reactive ketones (excluding diaryl/α,β-unsaturated/α-hetero) is 1. The molecule has 138 valence electrons. The highest BCUT2D eigenvalue weighted by atomic mass is 19.1. The summed E-state index contributed by atoms with van der Waals surface area (Å²) < 4.78 is 13.1. The second kappa shape index (κ2) is 7.12. The average Bonchev–Trinajstić information content (AvgIpc) is 3.15. The van der Waals surface area contributed by atoms with Crippen molar-refractivity contribution >= 4 is 17.5 Å². The third kappa shape index (κ3) is 3.30. The van der Waals surface area contributed by atoms with E-state index in [9.17, 15) is 14.0 Å². The van der Waals surface area contributed by atoms with Crippen molar-refractivity contribution in [1.82, 2.24) is 10.3 Å². The van der Waals surface area contributed by atoms with Crippen LogP contribution in [0.3, 0.4) is 0 Å². The molecule has 1 amide bonds. The predicted octanol–water partition coefficient (Wildman–Crippen LogP) is 2.60. The fourth-order valence-electron chi connectivity index (χ4n) is 3.14. The van der Waals surface area contributed by atoms with Crippen LogP contribution in [-0.4, -0.2) is 22.5 Å². The molecule has 1 unspecified atom stereocenters. The van der Waals surface area contributed by atoms with E-state index in [0.717, 1.165) is 5.56 Å². The van der Waals surface area contributed by atoms with E-state index in [2.05, 4.69) is 22.3 Å². The van der Waals surface area contributed by atoms with E-state index >= 15 is 0 Å². The lowest BCUT2D eigenvalue weighted by Crippen LogP contribution is -2.43. The van der Waals surface area contributed by atoms with Crippen LogP contribution in [0.1, 0.15) is 18.1 Å². The summed E-state index contributed by atoms with van der Waals surface area (Å²) in [5, 5.41) is 8.41. The molecule has 0 radical (unpaired) electrons. The van der Waals surface area contributed by atoms with E-state index in [1.807, 2.05) is 30.3 Å². The van der Waals surface area contributed by atoms with Crippen LogP contribution in [0.15, 0.2) is 71.1 Å². The second-order valence-electron chi connectivity index (χ2n) is 6.56. The normalized spacial score (nSPS) is 18.3. The summed E-state index contributed by atoms with van der Waals surface area (Å²) in [5.74, 6) is 4.58. The number of nitrogens with one attached hydrogen (secondary N) is 1. The van der Waals surface area contributed by atoms with E-state index in [-0.39, 0.29) is 18.0 Å². The van der Waals surface area contributed by atoms with Gasteiger partial charge in [-0.15, -0.1) is 5.10 Å². The van der Waals surface area contributed by atoms with Gasteiger partial charge in [-0.05, 0) is 49.1 Å². The zero-order chi connectivity index (χ0) is 19.7. The van der Waals surface area contributed by atoms with Crippen molar-refractivity contribution in [3.05, 3.63) is 82.9 Å². The Balaban J connectivity index is 1.59. The first kappa shape index (κ1) is 17.7. The fourth-order valence-corrected chi connectivity index (χ4v) is 3.14. The monoisotopic (exact) mass is 373 g/mol. The number of allylic oxidation sites excluding steroid dienone is 1. The van der Waals surface area contributed by atoms with Gasteiger partial charge in [-0.2, -0.15) is 5.01 Å². The van der Waals surface area contributed by atoms with E-state index in [1.165, 1.54) is 17.1 Å². The number of ketones is 1. The number of benzene rings is 2. The Morgan fingerprint density at radius 2 is 1.79 bits per heavy atom. The maximum absolute atomic E-state index is 13.1. The molecule has 2 heterocycles. The quantitative estimate of drug-likeness (QED) is 0.650. The lowest BCUT2D eigenvalue weighted by molar-refractivity contribution is -0.140. The Hall–Kier alpha value is -3.72. The SMILES string of the molecule is CC1=C2NC(C#Cc3ccccc3)=NN2C(=O)C(Cc2ccc(F)cc2)C1=O. The standard InChI is InChI=1S/C22H16FN3O2/c1-14-20(27)18(13-16-7-10-17(23)11-8-16)22(28)26-21(14)24-19(25-26)12-9-15-5-3-2-4-6-15/h2-8,10-11,18H,13H2,1H3,(H,24,25). The van der Waals surface area contributed by atoms with E-state index in [1.54, 1.807) is 19.1 Å². The summed E-state index contributed by atoms with van der Waals surface area (Å²) in [6, 6.07) is 15.2. The van der Waals surface area contributed by atoms with Crippen LogP contribution in [-0.2, 0) is 16.0 Å². The lowest BCUT2D eigenvalue weighted by Gasteiger charge is -2.27. The van der Waals surface area contributed by atoms with Gasteiger partial charge in [0.05, 0.1) is 0 Å². The van der Waals surface area contributed by atoms with Gasteiger partial charge >= 0.3 is 0 Å². The van der Waals surface area contributed by atoms with Crippen molar-refractivity contribution in [1.29, 1.82) is 0 Å². The molecule has 5 nitrogen and oxygen atoms in total. The van der Waals surface area contributed by atoms with Crippen molar-refractivity contribution in [2.45, 2.75) is 13.3 Å². The summed E-state index contributed by atoms with van der Waals surface area (Å²) in [4.78, 5) is 25.6. The molecule has 28 heavy (non-hydrogen) atoms. The van der Waals surface area contributed by atoms with Crippen LogP contribution in [0, 0.1) is 23.6 Å². The molecule has 0 fully saturated rings. The molecule has 2 aromatic carbocycles. The van der Waals surface area contributed by atoms with Gasteiger partial charge < -0.3 is 5.32 Å². The Kier molecular flexibility index (Phi) is 4.50. The maximum atomic E-state index is 13.1. The maximum Gasteiger partial charge on any atom is 0.260 e. The third-order valence-corrected chi connectivity index (χ3v) is 4.65. The minimum Gasteiger partial charge on any atom is -0.316 e. The minimum atomic E-state index is -0.888. The number of hydrazone groups is 1. The summed E-state index contributed by atoms with van der Waals surface area (Å²) in [6.45, 7) is 1.66. The van der Waals surface area contributed by atoms with Crippen LogP contribution in [0.2, 0.25) is 0 Å². The smallest absolute Gasteiger partial charge is 0.260 e. The highest BCUT2D eigenvalue weighted by Crippen LogP contribution is 2.28. The van der Waals surface area contributed by atoms with Gasteiger partial charge in [-0.1, -0.05) is 36.3 Å². The van der Waals surface area contributed by atoms with Crippen molar-refractivity contribution in [3.63, 3.8) is 0 Å².